The summed E-state index contributed by atoms with van der Waals surface area (Å²) in [5, 5.41) is 4.16. The number of hydrogen-bond acceptors (Lipinski definition) is 8. The van der Waals surface area contributed by atoms with E-state index in [0.717, 1.165) is 21.3 Å². The largest absolute Gasteiger partial charge is 0.334 e. The molecular weight excluding hydrogens is 248 g/mol. The number of hydrazine groups is 1. The average Bonchev–Trinajstić information content (AvgIpc) is 2.85. The molecule has 3 N–H and O–H groups in total. The fraction of sp³-hybridized carbons (Fsp3) is 0.286. The molecule has 0 aromatic carbocycles. The third kappa shape index (κ3) is 1.72. The Labute approximate surface area is 99.3 Å². The lowest BCUT2D eigenvalue weighted by atomic mass is 10.4. The second kappa shape index (κ2) is 4.07. The molecule has 1 aliphatic heterocycles. The number of urea groups is 1. The minimum atomic E-state index is -0.881. The number of carbonyl (C=O) groups excluding carboxylic acids is 3. The van der Waals surface area contributed by atoms with Crippen LogP contribution in [0.3, 0.4) is 0 Å². The molecule has 0 saturated carbocycles. The van der Waals surface area contributed by atoms with Crippen LogP contribution in [0.2, 0.25) is 0 Å². The van der Waals surface area contributed by atoms with Crippen LogP contribution in [-0.2, 0) is 16.1 Å². The molecule has 0 atom stereocenters. The van der Waals surface area contributed by atoms with Crippen LogP contribution in [-0.4, -0.2) is 44.3 Å². The molecule has 1 aromatic heterocycles. The minimum Gasteiger partial charge on any atom is -0.313 e. The number of imide groups is 2. The van der Waals surface area contributed by atoms with E-state index in [1.54, 1.807) is 0 Å². The minimum absolute atomic E-state index is 0.135. The predicted molar refractivity (Wildman–Crippen MR) is 56.4 cm³/mol. The molecule has 0 aliphatic carbocycles. The van der Waals surface area contributed by atoms with Crippen LogP contribution >= 0.6 is 11.5 Å². The van der Waals surface area contributed by atoms with Gasteiger partial charge in [0.1, 0.15) is 10.7 Å². The van der Waals surface area contributed by atoms with Crippen molar-refractivity contribution in [3.63, 3.8) is 0 Å². The van der Waals surface area contributed by atoms with E-state index in [2.05, 4.69) is 15.0 Å². The zero-order valence-electron chi connectivity index (χ0n) is 8.71. The Bertz CT molecular complexity index is 500. The molecule has 2 rings (SSSR count). The Morgan fingerprint density at radius 2 is 2.06 bits per heavy atom. The maximum Gasteiger partial charge on any atom is 0.334 e. The van der Waals surface area contributed by atoms with Crippen molar-refractivity contribution in [1.82, 2.24) is 19.4 Å². The summed E-state index contributed by atoms with van der Waals surface area (Å²) in [6, 6.07) is -0.684. The molecule has 1 saturated heterocycles. The van der Waals surface area contributed by atoms with Crippen LogP contribution in [0.25, 0.3) is 0 Å². The summed E-state index contributed by atoms with van der Waals surface area (Å²) < 4.78 is 3.62. The highest BCUT2D eigenvalue weighted by Gasteiger charge is 2.42. The van der Waals surface area contributed by atoms with Gasteiger partial charge in [0, 0.05) is 18.6 Å². The van der Waals surface area contributed by atoms with Crippen LogP contribution in [0.5, 0.6) is 0 Å². The van der Waals surface area contributed by atoms with Gasteiger partial charge in [0.2, 0.25) is 0 Å². The lowest BCUT2D eigenvalue weighted by Gasteiger charge is -2.11. The maximum atomic E-state index is 11.6. The maximum absolute atomic E-state index is 11.6. The Morgan fingerprint density at radius 3 is 2.59 bits per heavy atom. The number of anilines is 1. The quantitative estimate of drug-likeness (QED) is 0.299. The molecule has 90 valence electrons. The number of nitrogens with two attached hydrogens (primary N) is 1. The van der Waals surface area contributed by atoms with Gasteiger partial charge >= 0.3 is 17.8 Å². The van der Waals surface area contributed by atoms with E-state index in [-0.39, 0.29) is 6.54 Å². The first kappa shape index (κ1) is 11.4. The highest BCUT2D eigenvalue weighted by Crippen LogP contribution is 2.20. The summed E-state index contributed by atoms with van der Waals surface area (Å²) in [4.78, 5) is 35.8. The van der Waals surface area contributed by atoms with Crippen molar-refractivity contribution in [1.29, 1.82) is 0 Å². The topological polar surface area (TPSA) is 122 Å². The van der Waals surface area contributed by atoms with Gasteiger partial charge in [-0.2, -0.15) is 0 Å². The zero-order chi connectivity index (χ0) is 12.6. The van der Waals surface area contributed by atoms with Crippen molar-refractivity contribution < 1.29 is 14.4 Å². The molecule has 1 fully saturated rings. The van der Waals surface area contributed by atoms with Gasteiger partial charge in [0.25, 0.3) is 0 Å². The summed E-state index contributed by atoms with van der Waals surface area (Å²) in [6.07, 6.45) is 0. The Hall–Kier alpha value is -2.07. The molecule has 9 nitrogen and oxygen atoms in total. The molecule has 17 heavy (non-hydrogen) atoms. The lowest BCUT2D eigenvalue weighted by Crippen LogP contribution is -2.31. The standard InChI is InChI=1S/C7H8N6O3S/c1-12-5(14)6(15)13(7(12)16)2-3-4(9-8)17-11-10-3/h9H,2,8H2,1H3. The van der Waals surface area contributed by atoms with Crippen molar-refractivity contribution in [3.05, 3.63) is 5.69 Å². The number of carbonyl (C=O) groups is 3. The van der Waals surface area contributed by atoms with E-state index < -0.39 is 17.8 Å². The van der Waals surface area contributed by atoms with Crippen molar-refractivity contribution >= 4 is 34.4 Å². The van der Waals surface area contributed by atoms with Crippen LogP contribution in [0.1, 0.15) is 5.69 Å². The number of aromatic nitrogens is 2. The summed E-state index contributed by atoms with van der Waals surface area (Å²) in [7, 11) is 1.24. The van der Waals surface area contributed by atoms with Gasteiger partial charge in [-0.25, -0.2) is 15.5 Å². The van der Waals surface area contributed by atoms with Crippen LogP contribution < -0.4 is 11.3 Å². The molecule has 10 heteroatoms. The van der Waals surface area contributed by atoms with Crippen molar-refractivity contribution in [2.75, 3.05) is 12.5 Å². The van der Waals surface area contributed by atoms with Gasteiger partial charge in [-0.05, 0) is 0 Å². The molecule has 0 bridgehead atoms. The first-order valence-electron chi connectivity index (χ1n) is 4.47. The Kier molecular flexibility index (Phi) is 2.73. The first-order valence-corrected chi connectivity index (χ1v) is 5.25. The van der Waals surface area contributed by atoms with E-state index in [1.165, 1.54) is 7.05 Å². The number of likely N-dealkylation sites (N-methyl/N-ethyl adjacent to an activating group) is 1. The Morgan fingerprint density at radius 1 is 1.35 bits per heavy atom. The number of nitrogens with one attached hydrogen (secondary N) is 1. The number of nitrogens with zero attached hydrogens (tertiary/aromatic N) is 4. The van der Waals surface area contributed by atoms with Gasteiger partial charge in [0.15, 0.2) is 0 Å². The van der Waals surface area contributed by atoms with Gasteiger partial charge in [-0.3, -0.25) is 14.5 Å². The normalized spacial score (nSPS) is 16.0. The molecule has 1 aromatic rings. The number of rotatable bonds is 3. The molecule has 1 aliphatic rings. The number of amides is 4. The van der Waals surface area contributed by atoms with Gasteiger partial charge in [-0.15, -0.1) is 5.10 Å². The lowest BCUT2D eigenvalue weighted by molar-refractivity contribution is -0.143. The van der Waals surface area contributed by atoms with Gasteiger partial charge in [0.05, 0.1) is 6.54 Å². The van der Waals surface area contributed by atoms with E-state index in [1.807, 2.05) is 0 Å². The van der Waals surface area contributed by atoms with E-state index in [9.17, 15) is 14.4 Å². The molecular formula is C7H8N6O3S. The summed E-state index contributed by atoms with van der Waals surface area (Å²) in [5.41, 5.74) is 2.68. The third-order valence-corrected chi connectivity index (χ3v) is 2.94. The van der Waals surface area contributed by atoms with Crippen LogP contribution in [0.4, 0.5) is 9.80 Å². The third-order valence-electron chi connectivity index (χ3n) is 2.25. The highest BCUT2D eigenvalue weighted by molar-refractivity contribution is 7.10. The predicted octanol–water partition coefficient (Wildman–Crippen LogP) is -1.26. The van der Waals surface area contributed by atoms with E-state index in [0.29, 0.717) is 10.7 Å². The van der Waals surface area contributed by atoms with E-state index in [4.69, 9.17) is 5.84 Å². The number of nitrogen functional groups attached to an aromatic ring is 1. The Balaban J connectivity index is 2.23. The fourth-order valence-corrected chi connectivity index (χ4v) is 1.81. The number of hydrogen-bond donors (Lipinski definition) is 2. The summed E-state index contributed by atoms with van der Waals surface area (Å²) >= 11 is 0.992. The van der Waals surface area contributed by atoms with Crippen LogP contribution in [0, 0.1) is 0 Å². The monoisotopic (exact) mass is 256 g/mol. The van der Waals surface area contributed by atoms with Crippen molar-refractivity contribution in [3.8, 4) is 0 Å². The van der Waals surface area contributed by atoms with Gasteiger partial charge < -0.3 is 5.43 Å². The molecule has 0 unspecified atom stereocenters. The highest BCUT2D eigenvalue weighted by atomic mass is 32.1. The van der Waals surface area contributed by atoms with E-state index >= 15 is 0 Å². The fourth-order valence-electron chi connectivity index (χ4n) is 1.32. The van der Waals surface area contributed by atoms with Crippen molar-refractivity contribution in [2.45, 2.75) is 6.54 Å². The first-order chi connectivity index (χ1) is 8.06. The second-order valence-corrected chi connectivity index (χ2v) is 3.99. The summed E-state index contributed by atoms with van der Waals surface area (Å²) in [5.74, 6) is 3.47. The second-order valence-electron chi connectivity index (χ2n) is 3.23. The smallest absolute Gasteiger partial charge is 0.313 e. The van der Waals surface area contributed by atoms with Gasteiger partial charge in [-0.1, -0.05) is 4.49 Å². The molecule has 4 amide bonds. The SMILES string of the molecule is CN1C(=O)C(=O)N(Cc2nnsc2NN)C1=O. The summed E-state index contributed by atoms with van der Waals surface area (Å²) in [6.45, 7) is -0.135. The molecule has 2 heterocycles. The zero-order valence-corrected chi connectivity index (χ0v) is 9.52. The van der Waals surface area contributed by atoms with Crippen molar-refractivity contribution in [2.24, 2.45) is 5.84 Å². The molecule has 0 radical (unpaired) electrons. The van der Waals surface area contributed by atoms with Crippen LogP contribution in [0.15, 0.2) is 0 Å². The molecule has 0 spiro atoms. The average molecular weight is 256 g/mol.